The van der Waals surface area contributed by atoms with Crippen LogP contribution in [0.2, 0.25) is 0 Å². The van der Waals surface area contributed by atoms with Gasteiger partial charge in [0.1, 0.15) is 10.6 Å². The highest BCUT2D eigenvalue weighted by Gasteiger charge is 2.29. The molecule has 1 fully saturated rings. The minimum Gasteiger partial charge on any atom is -0.495 e. The Balaban J connectivity index is 1.89. The average molecular weight is 293 g/mol. The van der Waals surface area contributed by atoms with Crippen LogP contribution in [0.15, 0.2) is 0 Å². The van der Waals surface area contributed by atoms with Gasteiger partial charge < -0.3 is 9.64 Å². The van der Waals surface area contributed by atoms with E-state index in [4.69, 9.17) is 4.74 Å². The van der Waals surface area contributed by atoms with Crippen LogP contribution in [0.5, 0.6) is 5.75 Å². The molecule has 0 N–H and O–H groups in total. The molecule has 0 saturated carbocycles. The number of aryl methyl sites for hydroxylation is 1. The molecule has 3 rings (SSSR count). The van der Waals surface area contributed by atoms with E-state index in [1.165, 1.54) is 29.7 Å². The number of methoxy groups -OCH3 is 1. The van der Waals surface area contributed by atoms with E-state index in [0.29, 0.717) is 5.92 Å². The van der Waals surface area contributed by atoms with Gasteiger partial charge in [0.2, 0.25) is 0 Å². The summed E-state index contributed by atoms with van der Waals surface area (Å²) in [5.74, 6) is 1.68. The van der Waals surface area contributed by atoms with Gasteiger partial charge in [-0.05, 0) is 44.4 Å². The first-order valence-electron chi connectivity index (χ1n) is 7.68. The van der Waals surface area contributed by atoms with Gasteiger partial charge in [0.05, 0.1) is 7.11 Å². The zero-order valence-electron chi connectivity index (χ0n) is 12.4. The van der Waals surface area contributed by atoms with Crippen LogP contribution in [0.4, 0.5) is 0 Å². The predicted octanol–water partition coefficient (Wildman–Crippen LogP) is 3.51. The number of carbonyl (C=O) groups excluding carboxylic acids is 1. The van der Waals surface area contributed by atoms with Crippen LogP contribution < -0.4 is 4.74 Å². The van der Waals surface area contributed by atoms with E-state index in [1.54, 1.807) is 18.4 Å². The van der Waals surface area contributed by atoms with E-state index < -0.39 is 0 Å². The summed E-state index contributed by atoms with van der Waals surface area (Å²) in [7, 11) is 1.70. The summed E-state index contributed by atoms with van der Waals surface area (Å²) in [5, 5.41) is 0. The number of carbonyl (C=O) groups is 1. The molecule has 0 spiro atoms. The van der Waals surface area contributed by atoms with Crippen molar-refractivity contribution < 1.29 is 9.53 Å². The minimum atomic E-state index is 0.188. The van der Waals surface area contributed by atoms with Crippen LogP contribution in [0.25, 0.3) is 0 Å². The van der Waals surface area contributed by atoms with E-state index in [-0.39, 0.29) is 5.91 Å². The molecule has 1 aliphatic heterocycles. The Labute approximate surface area is 124 Å². The first-order chi connectivity index (χ1) is 9.70. The Bertz CT molecular complexity index is 509. The maximum atomic E-state index is 12.8. The lowest BCUT2D eigenvalue weighted by Gasteiger charge is -2.30. The fourth-order valence-electron chi connectivity index (χ4n) is 3.41. The topological polar surface area (TPSA) is 29.5 Å². The van der Waals surface area contributed by atoms with Gasteiger partial charge in [-0.25, -0.2) is 0 Å². The van der Waals surface area contributed by atoms with Crippen molar-refractivity contribution >= 4 is 17.2 Å². The molecule has 1 unspecified atom stereocenters. The molecule has 3 nitrogen and oxygen atoms in total. The number of rotatable bonds is 2. The molecular weight excluding hydrogens is 270 g/mol. The lowest BCUT2D eigenvalue weighted by molar-refractivity contribution is 0.0685. The van der Waals surface area contributed by atoms with E-state index in [9.17, 15) is 4.79 Å². The van der Waals surface area contributed by atoms with Crippen LogP contribution in [0, 0.1) is 5.92 Å². The van der Waals surface area contributed by atoms with E-state index in [2.05, 4.69) is 6.92 Å². The first-order valence-corrected chi connectivity index (χ1v) is 8.50. The van der Waals surface area contributed by atoms with Crippen LogP contribution in [0.3, 0.4) is 0 Å². The monoisotopic (exact) mass is 293 g/mol. The second kappa shape index (κ2) is 5.76. The molecule has 1 aromatic heterocycles. The van der Waals surface area contributed by atoms with Crippen LogP contribution in [-0.4, -0.2) is 31.0 Å². The quantitative estimate of drug-likeness (QED) is 0.835. The Hall–Kier alpha value is -1.03. The Morgan fingerprint density at radius 3 is 2.85 bits per heavy atom. The number of amides is 1. The van der Waals surface area contributed by atoms with Crippen molar-refractivity contribution in [2.24, 2.45) is 5.92 Å². The molecule has 4 heteroatoms. The van der Waals surface area contributed by atoms with Crippen LogP contribution in [-0.2, 0) is 12.8 Å². The number of likely N-dealkylation sites (tertiary alicyclic amines) is 1. The summed E-state index contributed by atoms with van der Waals surface area (Å²) in [6.07, 6.45) is 7.00. The minimum absolute atomic E-state index is 0.188. The van der Waals surface area contributed by atoms with Gasteiger partial charge in [-0.15, -0.1) is 11.3 Å². The van der Waals surface area contributed by atoms with Gasteiger partial charge in [-0.2, -0.15) is 0 Å². The number of nitrogens with zero attached hydrogens (tertiary/aromatic N) is 1. The molecule has 20 heavy (non-hydrogen) atoms. The van der Waals surface area contributed by atoms with Crippen molar-refractivity contribution in [1.29, 1.82) is 0 Å². The van der Waals surface area contributed by atoms with Crippen molar-refractivity contribution in [1.82, 2.24) is 4.90 Å². The summed E-state index contributed by atoms with van der Waals surface area (Å²) in [6, 6.07) is 0. The lowest BCUT2D eigenvalue weighted by atomic mass is 9.97. The Morgan fingerprint density at radius 2 is 2.10 bits per heavy atom. The largest absolute Gasteiger partial charge is 0.495 e. The van der Waals surface area contributed by atoms with E-state index >= 15 is 0 Å². The second-order valence-corrected chi connectivity index (χ2v) is 7.18. The highest BCUT2D eigenvalue weighted by atomic mass is 32.1. The number of hydrogen-bond acceptors (Lipinski definition) is 3. The summed E-state index contributed by atoms with van der Waals surface area (Å²) in [6.45, 7) is 4.02. The van der Waals surface area contributed by atoms with E-state index in [1.807, 2.05) is 4.90 Å². The zero-order chi connectivity index (χ0) is 14.1. The number of thiophene rings is 1. The molecule has 0 radical (unpaired) electrons. The van der Waals surface area contributed by atoms with Crippen molar-refractivity contribution in [2.45, 2.75) is 45.4 Å². The number of ether oxygens (including phenoxy) is 1. The van der Waals surface area contributed by atoms with Crippen LogP contribution >= 0.6 is 11.3 Å². The van der Waals surface area contributed by atoms with Gasteiger partial charge in [0, 0.05) is 23.5 Å². The third-order valence-corrected chi connectivity index (χ3v) is 5.73. The predicted molar refractivity (Wildman–Crippen MR) is 81.8 cm³/mol. The molecule has 2 heterocycles. The molecule has 0 bridgehead atoms. The SMILES string of the molecule is COc1c(C(=O)N2CCCC(C)C2)sc2c1CCCC2. The molecule has 1 saturated heterocycles. The maximum absolute atomic E-state index is 12.8. The lowest BCUT2D eigenvalue weighted by Crippen LogP contribution is -2.38. The second-order valence-electron chi connectivity index (χ2n) is 6.07. The molecule has 1 amide bonds. The number of piperidine rings is 1. The van der Waals surface area contributed by atoms with Crippen molar-refractivity contribution in [3.8, 4) is 5.75 Å². The van der Waals surface area contributed by atoms with Gasteiger partial charge in [0.25, 0.3) is 5.91 Å². The molecular formula is C16H23NO2S. The Morgan fingerprint density at radius 1 is 1.30 bits per heavy atom. The van der Waals surface area contributed by atoms with Gasteiger partial charge >= 0.3 is 0 Å². The van der Waals surface area contributed by atoms with Gasteiger partial charge in [-0.3, -0.25) is 4.79 Å². The fourth-order valence-corrected chi connectivity index (χ4v) is 4.74. The molecule has 2 aliphatic rings. The zero-order valence-corrected chi connectivity index (χ0v) is 13.2. The van der Waals surface area contributed by atoms with Crippen LogP contribution in [0.1, 0.15) is 52.7 Å². The molecule has 1 atom stereocenters. The number of hydrogen-bond donors (Lipinski definition) is 0. The standard InChI is InChI=1S/C16H23NO2S/c1-11-6-5-9-17(10-11)16(18)15-14(19-2)12-7-3-4-8-13(12)20-15/h11H,3-10H2,1-2H3. The van der Waals surface area contributed by atoms with Crippen molar-refractivity contribution in [3.05, 3.63) is 15.3 Å². The summed E-state index contributed by atoms with van der Waals surface area (Å²) in [5.41, 5.74) is 1.30. The summed E-state index contributed by atoms with van der Waals surface area (Å²) < 4.78 is 5.59. The van der Waals surface area contributed by atoms with Gasteiger partial charge in [0.15, 0.2) is 0 Å². The smallest absolute Gasteiger partial charge is 0.267 e. The normalized spacial score (nSPS) is 22.5. The first kappa shape index (κ1) is 13.9. The maximum Gasteiger partial charge on any atom is 0.267 e. The average Bonchev–Trinajstić information content (AvgIpc) is 2.85. The summed E-state index contributed by atoms with van der Waals surface area (Å²) >= 11 is 1.67. The molecule has 1 aliphatic carbocycles. The van der Waals surface area contributed by atoms with Gasteiger partial charge in [-0.1, -0.05) is 6.92 Å². The Kier molecular flexibility index (Phi) is 4.01. The fraction of sp³-hybridized carbons (Fsp3) is 0.688. The molecule has 0 aromatic carbocycles. The molecule has 110 valence electrons. The summed E-state index contributed by atoms with van der Waals surface area (Å²) in [4.78, 5) is 17.0. The van der Waals surface area contributed by atoms with E-state index in [0.717, 1.165) is 43.0 Å². The molecule has 1 aromatic rings. The highest BCUT2D eigenvalue weighted by Crippen LogP contribution is 2.40. The number of fused-ring (bicyclic) bond motifs is 1. The van der Waals surface area contributed by atoms with Crippen molar-refractivity contribution in [2.75, 3.05) is 20.2 Å². The van der Waals surface area contributed by atoms with Crippen molar-refractivity contribution in [3.63, 3.8) is 0 Å². The third kappa shape index (κ3) is 2.46. The highest BCUT2D eigenvalue weighted by molar-refractivity contribution is 7.14. The third-order valence-electron chi connectivity index (χ3n) is 4.47.